The molecule has 0 bridgehead atoms. The van der Waals surface area contributed by atoms with Crippen molar-refractivity contribution in [2.45, 2.75) is 40.7 Å². The van der Waals surface area contributed by atoms with Crippen molar-refractivity contribution in [1.29, 1.82) is 0 Å². The molecule has 4 nitrogen and oxygen atoms in total. The molecule has 0 fully saturated rings. The summed E-state index contributed by atoms with van der Waals surface area (Å²) in [6.45, 7) is 8.46. The van der Waals surface area contributed by atoms with Gasteiger partial charge < -0.3 is 10.2 Å². The van der Waals surface area contributed by atoms with Crippen LogP contribution in [-0.4, -0.2) is 23.3 Å². The van der Waals surface area contributed by atoms with Gasteiger partial charge in [0.15, 0.2) is 0 Å². The van der Waals surface area contributed by atoms with Crippen molar-refractivity contribution >= 4 is 17.5 Å². The number of carbonyl (C=O) groups is 2. The lowest BCUT2D eigenvalue weighted by Crippen LogP contribution is -2.31. The van der Waals surface area contributed by atoms with Crippen LogP contribution in [0, 0.1) is 20.8 Å². The summed E-state index contributed by atoms with van der Waals surface area (Å²) in [4.78, 5) is 25.9. The summed E-state index contributed by atoms with van der Waals surface area (Å²) >= 11 is 0. The lowest BCUT2D eigenvalue weighted by molar-refractivity contribution is -0.129. The zero-order chi connectivity index (χ0) is 18.4. The molecule has 2 aromatic carbocycles. The zero-order valence-electron chi connectivity index (χ0n) is 15.4. The van der Waals surface area contributed by atoms with Gasteiger partial charge in [-0.2, -0.15) is 0 Å². The Morgan fingerprint density at radius 1 is 1.00 bits per heavy atom. The third-order valence-electron chi connectivity index (χ3n) is 4.34. The van der Waals surface area contributed by atoms with Crippen LogP contribution < -0.4 is 5.32 Å². The van der Waals surface area contributed by atoms with E-state index >= 15 is 0 Å². The highest BCUT2D eigenvalue weighted by Gasteiger charge is 2.13. The molecule has 2 aromatic rings. The molecule has 0 saturated heterocycles. The van der Waals surface area contributed by atoms with Crippen molar-refractivity contribution in [3.63, 3.8) is 0 Å². The molecule has 132 valence electrons. The van der Waals surface area contributed by atoms with Crippen LogP contribution in [-0.2, 0) is 16.1 Å². The van der Waals surface area contributed by atoms with Crippen LogP contribution in [0.1, 0.15) is 35.6 Å². The monoisotopic (exact) mass is 338 g/mol. The Hall–Kier alpha value is -2.62. The molecule has 0 heterocycles. The largest absolute Gasteiger partial charge is 0.338 e. The molecule has 0 radical (unpaired) electrons. The van der Waals surface area contributed by atoms with Crippen LogP contribution in [0.25, 0.3) is 0 Å². The van der Waals surface area contributed by atoms with Gasteiger partial charge in [0.1, 0.15) is 0 Å². The van der Waals surface area contributed by atoms with Gasteiger partial charge in [-0.1, -0.05) is 36.4 Å². The zero-order valence-corrected chi connectivity index (χ0v) is 15.4. The number of benzene rings is 2. The Morgan fingerprint density at radius 2 is 1.72 bits per heavy atom. The van der Waals surface area contributed by atoms with Crippen LogP contribution in [0.2, 0.25) is 0 Å². The van der Waals surface area contributed by atoms with Crippen molar-refractivity contribution < 1.29 is 9.59 Å². The topological polar surface area (TPSA) is 49.4 Å². The van der Waals surface area contributed by atoms with Gasteiger partial charge in [-0.05, 0) is 49.1 Å². The van der Waals surface area contributed by atoms with Gasteiger partial charge in [-0.15, -0.1) is 0 Å². The number of anilines is 1. The van der Waals surface area contributed by atoms with E-state index in [0.717, 1.165) is 27.9 Å². The normalized spacial score (nSPS) is 10.4. The minimum atomic E-state index is -0.0790. The average molecular weight is 338 g/mol. The van der Waals surface area contributed by atoms with E-state index in [1.165, 1.54) is 0 Å². The van der Waals surface area contributed by atoms with Gasteiger partial charge >= 0.3 is 0 Å². The number of carbonyl (C=O) groups excluding carboxylic acids is 2. The second-order valence-electron chi connectivity index (χ2n) is 6.48. The van der Waals surface area contributed by atoms with E-state index in [9.17, 15) is 9.59 Å². The summed E-state index contributed by atoms with van der Waals surface area (Å²) < 4.78 is 0. The van der Waals surface area contributed by atoms with Crippen LogP contribution in [0.3, 0.4) is 0 Å². The quantitative estimate of drug-likeness (QED) is 0.866. The van der Waals surface area contributed by atoms with Crippen LogP contribution in [0.4, 0.5) is 5.69 Å². The smallest absolute Gasteiger partial charge is 0.226 e. The lowest BCUT2D eigenvalue weighted by Gasteiger charge is -2.22. The lowest BCUT2D eigenvalue weighted by atomic mass is 10.1. The highest BCUT2D eigenvalue weighted by atomic mass is 16.2. The molecular weight excluding hydrogens is 312 g/mol. The summed E-state index contributed by atoms with van der Waals surface area (Å²) in [5, 5.41) is 2.94. The van der Waals surface area contributed by atoms with E-state index in [-0.39, 0.29) is 18.2 Å². The van der Waals surface area contributed by atoms with E-state index in [0.29, 0.717) is 13.1 Å². The summed E-state index contributed by atoms with van der Waals surface area (Å²) in [6, 6.07) is 14.0. The van der Waals surface area contributed by atoms with E-state index < -0.39 is 0 Å². The molecule has 2 rings (SSSR count). The first-order valence-corrected chi connectivity index (χ1v) is 8.54. The van der Waals surface area contributed by atoms with E-state index in [1.54, 1.807) is 11.8 Å². The minimum absolute atomic E-state index is 0.0252. The maximum atomic E-state index is 12.3. The van der Waals surface area contributed by atoms with E-state index in [4.69, 9.17) is 0 Å². The molecule has 0 aliphatic heterocycles. The molecule has 25 heavy (non-hydrogen) atoms. The fourth-order valence-corrected chi connectivity index (χ4v) is 2.66. The second kappa shape index (κ2) is 8.47. The highest BCUT2D eigenvalue weighted by molar-refractivity contribution is 5.92. The second-order valence-corrected chi connectivity index (χ2v) is 6.48. The van der Waals surface area contributed by atoms with Crippen molar-refractivity contribution in [2.24, 2.45) is 0 Å². The van der Waals surface area contributed by atoms with Gasteiger partial charge in [0.05, 0.1) is 0 Å². The van der Waals surface area contributed by atoms with Crippen molar-refractivity contribution in [3.8, 4) is 0 Å². The van der Waals surface area contributed by atoms with Crippen LogP contribution in [0.15, 0.2) is 42.5 Å². The molecule has 0 aliphatic carbocycles. The number of nitrogens with one attached hydrogen (secondary N) is 1. The van der Waals surface area contributed by atoms with Gasteiger partial charge in [0.2, 0.25) is 11.8 Å². The molecule has 0 saturated carbocycles. The molecule has 1 N–H and O–H groups in total. The molecule has 0 aromatic heterocycles. The summed E-state index contributed by atoms with van der Waals surface area (Å²) in [6.07, 6.45) is 0.277. The Morgan fingerprint density at radius 3 is 2.40 bits per heavy atom. The first-order valence-electron chi connectivity index (χ1n) is 8.54. The molecule has 4 heteroatoms. The Kier molecular flexibility index (Phi) is 6.34. The maximum absolute atomic E-state index is 12.3. The van der Waals surface area contributed by atoms with Gasteiger partial charge in [-0.25, -0.2) is 0 Å². The summed E-state index contributed by atoms with van der Waals surface area (Å²) in [5.41, 5.74) is 5.22. The van der Waals surface area contributed by atoms with Crippen LogP contribution in [0.5, 0.6) is 0 Å². The molecule has 0 aliphatic rings. The van der Waals surface area contributed by atoms with Crippen LogP contribution >= 0.6 is 0 Å². The SMILES string of the molecule is CC(=O)N(CCC(=O)Nc1cc(C)ccc1C)Cc1ccccc1C. The van der Waals surface area contributed by atoms with Gasteiger partial charge in [0, 0.05) is 32.1 Å². The number of aryl methyl sites for hydroxylation is 3. The first kappa shape index (κ1) is 18.7. The predicted octanol–water partition coefficient (Wildman–Crippen LogP) is 3.99. The number of hydrogen-bond acceptors (Lipinski definition) is 2. The Labute approximate surface area is 149 Å². The highest BCUT2D eigenvalue weighted by Crippen LogP contribution is 2.17. The van der Waals surface area contributed by atoms with E-state index in [2.05, 4.69) is 5.32 Å². The molecule has 2 amide bonds. The van der Waals surface area contributed by atoms with E-state index in [1.807, 2.05) is 63.2 Å². The minimum Gasteiger partial charge on any atom is -0.338 e. The fraction of sp³-hybridized carbons (Fsp3) is 0.333. The summed E-state index contributed by atoms with van der Waals surface area (Å²) in [7, 11) is 0. The molecule has 0 spiro atoms. The fourth-order valence-electron chi connectivity index (χ4n) is 2.66. The third-order valence-corrected chi connectivity index (χ3v) is 4.34. The van der Waals surface area contributed by atoms with Crippen molar-refractivity contribution in [3.05, 3.63) is 64.7 Å². The number of nitrogens with zero attached hydrogens (tertiary/aromatic N) is 1. The Balaban J connectivity index is 1.96. The molecular formula is C21H26N2O2. The van der Waals surface area contributed by atoms with Gasteiger partial charge in [0.25, 0.3) is 0 Å². The van der Waals surface area contributed by atoms with Crippen molar-refractivity contribution in [2.75, 3.05) is 11.9 Å². The molecule has 0 unspecified atom stereocenters. The number of hydrogen-bond donors (Lipinski definition) is 1. The Bertz CT molecular complexity index is 768. The maximum Gasteiger partial charge on any atom is 0.226 e. The standard InChI is InChI=1S/C21H26N2O2/c1-15-9-10-17(3)20(13-15)22-21(25)11-12-23(18(4)24)14-19-8-6-5-7-16(19)2/h5-10,13H,11-12,14H2,1-4H3,(H,22,25). The average Bonchev–Trinajstić information content (AvgIpc) is 2.56. The summed E-state index contributed by atoms with van der Waals surface area (Å²) in [5.74, 6) is -0.104. The number of rotatable bonds is 6. The number of amides is 2. The third kappa shape index (κ3) is 5.45. The van der Waals surface area contributed by atoms with Gasteiger partial charge in [-0.3, -0.25) is 9.59 Å². The first-order chi connectivity index (χ1) is 11.9. The predicted molar refractivity (Wildman–Crippen MR) is 101 cm³/mol. The molecule has 0 atom stereocenters. The van der Waals surface area contributed by atoms with Crippen molar-refractivity contribution in [1.82, 2.24) is 4.90 Å².